The normalized spacial score (nSPS) is 17.9. The third kappa shape index (κ3) is 2.76. The summed E-state index contributed by atoms with van der Waals surface area (Å²) in [5.41, 5.74) is 0.354. The van der Waals surface area contributed by atoms with Gasteiger partial charge in [-0.15, -0.1) is 0 Å². The largest absolute Gasteiger partial charge is 0.416 e. The van der Waals surface area contributed by atoms with E-state index in [9.17, 15) is 13.2 Å². The van der Waals surface area contributed by atoms with Crippen LogP contribution in [0.2, 0.25) is 0 Å². The van der Waals surface area contributed by atoms with Crippen LogP contribution < -0.4 is 0 Å². The molecular formula is C12H13F3N. The number of hydrogen-bond donors (Lipinski definition) is 0. The Morgan fingerprint density at radius 2 is 1.81 bits per heavy atom. The molecule has 0 atom stereocenters. The van der Waals surface area contributed by atoms with E-state index in [0.29, 0.717) is 0 Å². The van der Waals surface area contributed by atoms with E-state index in [-0.39, 0.29) is 0 Å². The summed E-state index contributed by atoms with van der Waals surface area (Å²) in [4.78, 5) is 2.21. The van der Waals surface area contributed by atoms with Crippen molar-refractivity contribution in [3.63, 3.8) is 0 Å². The molecule has 1 aromatic rings. The van der Waals surface area contributed by atoms with Crippen molar-refractivity contribution in [1.29, 1.82) is 0 Å². The van der Waals surface area contributed by atoms with Gasteiger partial charge in [-0.3, -0.25) is 4.90 Å². The summed E-state index contributed by atoms with van der Waals surface area (Å²) < 4.78 is 36.9. The van der Waals surface area contributed by atoms with Gasteiger partial charge < -0.3 is 0 Å². The van der Waals surface area contributed by atoms with Crippen molar-refractivity contribution in [1.82, 2.24) is 4.90 Å². The Hall–Kier alpha value is -1.03. The van der Waals surface area contributed by atoms with Crippen molar-refractivity contribution in [3.05, 3.63) is 41.8 Å². The first-order valence-corrected chi connectivity index (χ1v) is 5.26. The van der Waals surface area contributed by atoms with Crippen molar-refractivity contribution in [2.75, 3.05) is 13.1 Å². The summed E-state index contributed by atoms with van der Waals surface area (Å²) >= 11 is 0. The number of nitrogens with zero attached hydrogens (tertiary/aromatic N) is 1. The summed E-state index contributed by atoms with van der Waals surface area (Å²) in [5, 5.41) is 0. The molecular weight excluding hydrogens is 215 g/mol. The zero-order chi connectivity index (χ0) is 11.6. The molecule has 0 bridgehead atoms. The van der Waals surface area contributed by atoms with Crippen LogP contribution in [0.5, 0.6) is 0 Å². The molecule has 0 aliphatic carbocycles. The molecule has 0 N–H and O–H groups in total. The predicted octanol–water partition coefficient (Wildman–Crippen LogP) is 3.12. The van der Waals surface area contributed by atoms with Crippen molar-refractivity contribution in [3.8, 4) is 0 Å². The molecule has 1 fully saturated rings. The maximum Gasteiger partial charge on any atom is 0.416 e. The number of alkyl halides is 3. The van der Waals surface area contributed by atoms with Crippen molar-refractivity contribution < 1.29 is 13.2 Å². The topological polar surface area (TPSA) is 3.24 Å². The van der Waals surface area contributed by atoms with E-state index in [0.717, 1.165) is 43.8 Å². The van der Waals surface area contributed by atoms with Crippen LogP contribution >= 0.6 is 0 Å². The number of hydrogen-bond acceptors (Lipinski definition) is 1. The van der Waals surface area contributed by atoms with Crippen molar-refractivity contribution in [2.24, 2.45) is 0 Å². The van der Waals surface area contributed by atoms with Gasteiger partial charge in [0.25, 0.3) is 0 Å². The van der Waals surface area contributed by atoms with Gasteiger partial charge in [-0.2, -0.15) is 13.2 Å². The second kappa shape index (κ2) is 4.45. The molecule has 0 saturated carbocycles. The van der Waals surface area contributed by atoms with E-state index in [1.54, 1.807) is 12.1 Å². The third-order valence-corrected chi connectivity index (χ3v) is 2.72. The van der Waals surface area contributed by atoms with Crippen molar-refractivity contribution in [2.45, 2.75) is 19.1 Å². The van der Waals surface area contributed by atoms with E-state index in [1.807, 2.05) is 0 Å². The first-order chi connectivity index (χ1) is 7.55. The molecule has 0 spiro atoms. The maximum atomic E-state index is 12.3. The smallest absolute Gasteiger partial charge is 0.299 e. The SMILES string of the molecule is FC(F)(F)c1ccc(CN2C[CH]CC2)cc1. The second-order valence-corrected chi connectivity index (χ2v) is 4.01. The van der Waals surface area contributed by atoms with Crippen molar-refractivity contribution >= 4 is 0 Å². The van der Waals surface area contributed by atoms with E-state index in [1.165, 1.54) is 0 Å². The van der Waals surface area contributed by atoms with E-state index < -0.39 is 11.7 Å². The molecule has 0 aromatic heterocycles. The fourth-order valence-electron chi connectivity index (χ4n) is 1.84. The van der Waals surface area contributed by atoms with Crippen LogP contribution in [-0.4, -0.2) is 18.0 Å². The minimum absolute atomic E-state index is 0.579. The van der Waals surface area contributed by atoms with E-state index in [2.05, 4.69) is 11.3 Å². The van der Waals surface area contributed by atoms with Crippen LogP contribution in [0.15, 0.2) is 24.3 Å². The highest BCUT2D eigenvalue weighted by Crippen LogP contribution is 2.29. The fraction of sp³-hybridized carbons (Fsp3) is 0.417. The summed E-state index contributed by atoms with van der Waals surface area (Å²) in [6.07, 6.45) is -0.981. The summed E-state index contributed by atoms with van der Waals surface area (Å²) in [6, 6.07) is 5.41. The molecule has 1 nitrogen and oxygen atoms in total. The zero-order valence-corrected chi connectivity index (χ0v) is 8.80. The first kappa shape index (κ1) is 11.5. The minimum Gasteiger partial charge on any atom is -0.299 e. The number of rotatable bonds is 2. The van der Waals surface area contributed by atoms with Gasteiger partial charge in [-0.05, 0) is 37.1 Å². The molecule has 1 radical (unpaired) electrons. The molecule has 0 amide bonds. The lowest BCUT2D eigenvalue weighted by atomic mass is 10.1. The zero-order valence-electron chi connectivity index (χ0n) is 8.80. The van der Waals surface area contributed by atoms with Gasteiger partial charge in [-0.1, -0.05) is 12.1 Å². The van der Waals surface area contributed by atoms with Crippen LogP contribution in [0.4, 0.5) is 13.2 Å². The van der Waals surface area contributed by atoms with Crippen LogP contribution in [0.25, 0.3) is 0 Å². The Morgan fingerprint density at radius 1 is 1.12 bits per heavy atom. The summed E-state index contributed by atoms with van der Waals surface area (Å²) in [7, 11) is 0. The van der Waals surface area contributed by atoms with Gasteiger partial charge in [0.2, 0.25) is 0 Å². The highest BCUT2D eigenvalue weighted by molar-refractivity contribution is 5.24. The number of benzene rings is 1. The van der Waals surface area contributed by atoms with Gasteiger partial charge in [-0.25, -0.2) is 0 Å². The lowest BCUT2D eigenvalue weighted by Crippen LogP contribution is -2.18. The standard InChI is InChI=1S/C12H13F3N/c13-12(14,15)11-5-3-10(4-6-11)9-16-7-1-2-8-16/h1,3-6H,2,7-9H2. The molecule has 87 valence electrons. The molecule has 4 heteroatoms. The average Bonchev–Trinajstić information content (AvgIpc) is 2.70. The molecule has 1 saturated heterocycles. The maximum absolute atomic E-state index is 12.3. The highest BCUT2D eigenvalue weighted by Gasteiger charge is 2.29. The average molecular weight is 228 g/mol. The van der Waals surface area contributed by atoms with Gasteiger partial charge in [0.1, 0.15) is 0 Å². The van der Waals surface area contributed by atoms with Crippen LogP contribution in [0.1, 0.15) is 17.5 Å². The molecule has 2 rings (SSSR count). The Bertz CT molecular complexity index is 336. The van der Waals surface area contributed by atoms with E-state index in [4.69, 9.17) is 0 Å². The molecule has 1 aromatic carbocycles. The predicted molar refractivity (Wildman–Crippen MR) is 55.6 cm³/mol. The van der Waals surface area contributed by atoms with Crippen LogP contribution in [0.3, 0.4) is 0 Å². The van der Waals surface area contributed by atoms with E-state index >= 15 is 0 Å². The molecule has 16 heavy (non-hydrogen) atoms. The Kier molecular flexibility index (Phi) is 3.19. The van der Waals surface area contributed by atoms with Crippen LogP contribution in [0, 0.1) is 6.42 Å². The molecule has 0 unspecified atom stereocenters. The molecule has 1 heterocycles. The van der Waals surface area contributed by atoms with Gasteiger partial charge in [0, 0.05) is 13.1 Å². The lowest BCUT2D eigenvalue weighted by molar-refractivity contribution is -0.137. The Balaban J connectivity index is 2.01. The number of halogens is 3. The summed E-state index contributed by atoms with van der Waals surface area (Å²) in [5.74, 6) is 0. The third-order valence-electron chi connectivity index (χ3n) is 2.72. The Morgan fingerprint density at radius 3 is 2.31 bits per heavy atom. The first-order valence-electron chi connectivity index (χ1n) is 5.26. The van der Waals surface area contributed by atoms with Gasteiger partial charge in [0.15, 0.2) is 0 Å². The van der Waals surface area contributed by atoms with Gasteiger partial charge >= 0.3 is 6.18 Å². The minimum atomic E-state index is -4.24. The second-order valence-electron chi connectivity index (χ2n) is 4.01. The quantitative estimate of drug-likeness (QED) is 0.751. The molecule has 1 aliphatic heterocycles. The highest BCUT2D eigenvalue weighted by atomic mass is 19.4. The Labute approximate surface area is 92.9 Å². The van der Waals surface area contributed by atoms with Gasteiger partial charge in [0.05, 0.1) is 5.56 Å². The van der Waals surface area contributed by atoms with Crippen LogP contribution in [-0.2, 0) is 12.7 Å². The summed E-state index contributed by atoms with van der Waals surface area (Å²) in [6.45, 7) is 2.66. The number of likely N-dealkylation sites (tertiary alicyclic amines) is 1. The monoisotopic (exact) mass is 228 g/mol. The molecule has 1 aliphatic rings. The lowest BCUT2D eigenvalue weighted by Gasteiger charge is -2.15. The fourth-order valence-corrected chi connectivity index (χ4v) is 1.84.